The summed E-state index contributed by atoms with van der Waals surface area (Å²) >= 11 is 0. The van der Waals surface area contributed by atoms with Crippen molar-refractivity contribution >= 4 is 16.8 Å². The highest BCUT2D eigenvalue weighted by atomic mass is 16.3. The Bertz CT molecular complexity index is 777. The van der Waals surface area contributed by atoms with Gasteiger partial charge in [0.25, 0.3) is 5.91 Å². The second kappa shape index (κ2) is 7.12. The number of hydrogen-bond acceptors (Lipinski definition) is 3. The molecule has 1 aromatic carbocycles. The van der Waals surface area contributed by atoms with Gasteiger partial charge in [0.2, 0.25) is 0 Å². The van der Waals surface area contributed by atoms with Gasteiger partial charge in [-0.25, -0.2) is 0 Å². The number of aromatic nitrogens is 1. The maximum Gasteiger partial charge on any atom is 0.255 e. The summed E-state index contributed by atoms with van der Waals surface area (Å²) in [4.78, 5) is 19.5. The summed E-state index contributed by atoms with van der Waals surface area (Å²) in [5, 5.41) is 11.3. The van der Waals surface area contributed by atoms with Crippen molar-refractivity contribution in [1.82, 2.24) is 9.88 Å². The summed E-state index contributed by atoms with van der Waals surface area (Å²) in [5.41, 5.74) is 3.57. The minimum atomic E-state index is -0.274. The largest absolute Gasteiger partial charge is 0.393 e. The molecule has 1 aliphatic rings. The lowest BCUT2D eigenvalue weighted by Crippen LogP contribution is -2.42. The van der Waals surface area contributed by atoms with Crippen LogP contribution in [0.1, 0.15) is 48.3 Å². The molecule has 2 heterocycles. The van der Waals surface area contributed by atoms with Crippen LogP contribution in [0, 0.1) is 25.7 Å². The summed E-state index contributed by atoms with van der Waals surface area (Å²) in [6, 6.07) is 8.09. The molecule has 1 saturated heterocycles. The summed E-state index contributed by atoms with van der Waals surface area (Å²) in [6.07, 6.45) is 1.46. The van der Waals surface area contributed by atoms with E-state index in [1.54, 1.807) is 0 Å². The van der Waals surface area contributed by atoms with E-state index in [1.807, 2.05) is 50.8 Å². The number of aliphatic hydroxyl groups excluding tert-OH is 1. The Morgan fingerprint density at radius 2 is 1.88 bits per heavy atom. The molecule has 3 rings (SSSR count). The Morgan fingerprint density at radius 3 is 2.52 bits per heavy atom. The molecule has 4 heteroatoms. The second-order valence-corrected chi connectivity index (χ2v) is 7.68. The van der Waals surface area contributed by atoms with Crippen molar-refractivity contribution in [1.29, 1.82) is 0 Å². The normalized spacial score (nSPS) is 17.3. The van der Waals surface area contributed by atoms with Crippen molar-refractivity contribution in [3.8, 4) is 0 Å². The topological polar surface area (TPSA) is 53.4 Å². The standard InChI is InChI=1S/C21H28N2O2/c1-13(2)20(24)16-7-9-23(10-8-16)21(25)18-12-17-11-14(3)5-6-19(17)22-15(18)4/h5-6,11-13,16,20,24H,7-10H2,1-4H3/t20-/m0/s1. The van der Waals surface area contributed by atoms with E-state index in [4.69, 9.17) is 0 Å². The smallest absolute Gasteiger partial charge is 0.255 e. The van der Waals surface area contributed by atoms with Crippen molar-refractivity contribution in [2.24, 2.45) is 11.8 Å². The number of hydrogen-bond donors (Lipinski definition) is 1. The van der Waals surface area contributed by atoms with Gasteiger partial charge in [0.15, 0.2) is 0 Å². The number of fused-ring (bicyclic) bond motifs is 1. The molecule has 134 valence electrons. The lowest BCUT2D eigenvalue weighted by molar-refractivity contribution is 0.0261. The zero-order chi connectivity index (χ0) is 18.1. The number of aryl methyl sites for hydroxylation is 2. The van der Waals surface area contributed by atoms with Crippen LogP contribution in [-0.4, -0.2) is 40.1 Å². The summed E-state index contributed by atoms with van der Waals surface area (Å²) < 4.78 is 0. The van der Waals surface area contributed by atoms with E-state index >= 15 is 0 Å². The quantitative estimate of drug-likeness (QED) is 0.926. The highest BCUT2D eigenvalue weighted by Gasteiger charge is 2.29. The molecule has 1 N–H and O–H groups in total. The highest BCUT2D eigenvalue weighted by Crippen LogP contribution is 2.26. The molecule has 0 unspecified atom stereocenters. The summed E-state index contributed by atoms with van der Waals surface area (Å²) in [7, 11) is 0. The van der Waals surface area contributed by atoms with Gasteiger partial charge >= 0.3 is 0 Å². The number of aliphatic hydroxyl groups is 1. The number of pyridine rings is 1. The number of rotatable bonds is 3. The number of benzene rings is 1. The fourth-order valence-corrected chi connectivity index (χ4v) is 3.77. The number of likely N-dealkylation sites (tertiary alicyclic amines) is 1. The number of nitrogens with zero attached hydrogens (tertiary/aromatic N) is 2. The van der Waals surface area contributed by atoms with E-state index in [-0.39, 0.29) is 17.9 Å². The van der Waals surface area contributed by atoms with E-state index in [0.29, 0.717) is 24.6 Å². The number of carbonyl (C=O) groups is 1. The van der Waals surface area contributed by atoms with Crippen LogP contribution in [0.2, 0.25) is 0 Å². The van der Waals surface area contributed by atoms with Gasteiger partial charge in [0.1, 0.15) is 0 Å². The zero-order valence-electron chi connectivity index (χ0n) is 15.6. The lowest BCUT2D eigenvalue weighted by Gasteiger charge is -2.35. The second-order valence-electron chi connectivity index (χ2n) is 7.68. The minimum absolute atomic E-state index is 0.0610. The van der Waals surface area contributed by atoms with Crippen molar-refractivity contribution in [3.05, 3.63) is 41.1 Å². The molecule has 1 aliphatic heterocycles. The number of piperidine rings is 1. The zero-order valence-corrected chi connectivity index (χ0v) is 15.6. The number of carbonyl (C=O) groups excluding carboxylic acids is 1. The monoisotopic (exact) mass is 340 g/mol. The average Bonchev–Trinajstić information content (AvgIpc) is 2.60. The van der Waals surface area contributed by atoms with Gasteiger partial charge < -0.3 is 10.0 Å². The Labute approximate surface area is 149 Å². The van der Waals surface area contributed by atoms with Crippen LogP contribution in [0.15, 0.2) is 24.3 Å². The molecule has 0 saturated carbocycles. The fourth-order valence-electron chi connectivity index (χ4n) is 3.77. The van der Waals surface area contributed by atoms with Crippen LogP contribution in [0.5, 0.6) is 0 Å². The first-order valence-electron chi connectivity index (χ1n) is 9.22. The average molecular weight is 340 g/mol. The van der Waals surface area contributed by atoms with Crippen LogP contribution < -0.4 is 0 Å². The summed E-state index contributed by atoms with van der Waals surface area (Å²) in [6.45, 7) is 9.47. The Kier molecular flexibility index (Phi) is 5.09. The van der Waals surface area contributed by atoms with E-state index < -0.39 is 0 Å². The molecule has 0 aliphatic carbocycles. The van der Waals surface area contributed by atoms with Crippen LogP contribution in [-0.2, 0) is 0 Å². The maximum atomic E-state index is 13.0. The molecule has 25 heavy (non-hydrogen) atoms. The van der Waals surface area contributed by atoms with Gasteiger partial charge in [0.05, 0.1) is 22.9 Å². The molecule has 0 radical (unpaired) electrons. The Morgan fingerprint density at radius 1 is 1.20 bits per heavy atom. The Balaban J connectivity index is 1.78. The first-order valence-corrected chi connectivity index (χ1v) is 9.22. The first-order chi connectivity index (χ1) is 11.9. The predicted octanol–water partition coefficient (Wildman–Crippen LogP) is 3.72. The van der Waals surface area contributed by atoms with E-state index in [0.717, 1.165) is 29.4 Å². The molecule has 0 bridgehead atoms. The molecule has 1 aromatic heterocycles. The van der Waals surface area contributed by atoms with Gasteiger partial charge in [0, 0.05) is 18.5 Å². The third-order valence-corrected chi connectivity index (χ3v) is 5.38. The van der Waals surface area contributed by atoms with Crippen LogP contribution in [0.25, 0.3) is 10.9 Å². The van der Waals surface area contributed by atoms with E-state index in [9.17, 15) is 9.90 Å². The van der Waals surface area contributed by atoms with Crippen molar-refractivity contribution in [2.45, 2.75) is 46.6 Å². The highest BCUT2D eigenvalue weighted by molar-refractivity contribution is 5.98. The Hall–Kier alpha value is -1.94. The minimum Gasteiger partial charge on any atom is -0.393 e. The first kappa shape index (κ1) is 17.9. The lowest BCUT2D eigenvalue weighted by atomic mass is 9.85. The molecule has 1 amide bonds. The number of amides is 1. The molecule has 0 spiro atoms. The van der Waals surface area contributed by atoms with Crippen molar-refractivity contribution < 1.29 is 9.90 Å². The maximum absolute atomic E-state index is 13.0. The van der Waals surface area contributed by atoms with E-state index in [1.165, 1.54) is 5.56 Å². The van der Waals surface area contributed by atoms with E-state index in [2.05, 4.69) is 11.1 Å². The third kappa shape index (κ3) is 3.69. The van der Waals surface area contributed by atoms with Crippen LogP contribution in [0.4, 0.5) is 0 Å². The third-order valence-electron chi connectivity index (χ3n) is 5.38. The van der Waals surface area contributed by atoms with Gasteiger partial charge in [-0.15, -0.1) is 0 Å². The molecular formula is C21H28N2O2. The SMILES string of the molecule is Cc1ccc2nc(C)c(C(=O)N3CCC([C@@H](O)C(C)C)CC3)cc2c1. The molecular weight excluding hydrogens is 312 g/mol. The van der Waals surface area contributed by atoms with Gasteiger partial charge in [-0.3, -0.25) is 9.78 Å². The van der Waals surface area contributed by atoms with Gasteiger partial charge in [-0.05, 0) is 56.7 Å². The summed E-state index contributed by atoms with van der Waals surface area (Å²) in [5.74, 6) is 0.621. The van der Waals surface area contributed by atoms with Crippen molar-refractivity contribution in [2.75, 3.05) is 13.1 Å². The van der Waals surface area contributed by atoms with Crippen LogP contribution >= 0.6 is 0 Å². The predicted molar refractivity (Wildman–Crippen MR) is 101 cm³/mol. The molecule has 2 aromatic rings. The fraction of sp³-hybridized carbons (Fsp3) is 0.524. The molecule has 1 atom stereocenters. The van der Waals surface area contributed by atoms with Crippen molar-refractivity contribution in [3.63, 3.8) is 0 Å². The molecule has 1 fully saturated rings. The van der Waals surface area contributed by atoms with Gasteiger partial charge in [-0.1, -0.05) is 25.5 Å². The van der Waals surface area contributed by atoms with Crippen LogP contribution in [0.3, 0.4) is 0 Å². The van der Waals surface area contributed by atoms with Gasteiger partial charge in [-0.2, -0.15) is 0 Å². The molecule has 4 nitrogen and oxygen atoms in total.